The molecule has 1 N–H and O–H groups in total. The fraction of sp³-hybridized carbons (Fsp3) is 0.562. The van der Waals surface area contributed by atoms with Gasteiger partial charge in [-0.3, -0.25) is 4.79 Å². The predicted molar refractivity (Wildman–Crippen MR) is 75.5 cm³/mol. The number of carbonyl (C=O) groups is 1. The third kappa shape index (κ3) is 3.17. The molecule has 4 heteroatoms. The number of hydrogen-bond acceptors (Lipinski definition) is 1. The maximum absolute atomic E-state index is 14.4. The van der Waals surface area contributed by atoms with Gasteiger partial charge in [0.2, 0.25) is 0 Å². The van der Waals surface area contributed by atoms with Gasteiger partial charge in [-0.25, -0.2) is 8.78 Å². The highest BCUT2D eigenvalue weighted by Gasteiger charge is 2.35. The zero-order valence-corrected chi connectivity index (χ0v) is 12.7. The van der Waals surface area contributed by atoms with Crippen molar-refractivity contribution in [3.05, 3.63) is 33.4 Å². The summed E-state index contributed by atoms with van der Waals surface area (Å²) in [5.41, 5.74) is 4.13. The molecule has 0 aliphatic heterocycles. The van der Waals surface area contributed by atoms with Crippen LogP contribution in [0.2, 0.25) is 0 Å². The monoisotopic (exact) mass is 284 g/mol. The molecule has 0 saturated heterocycles. The van der Waals surface area contributed by atoms with Crippen LogP contribution in [0.15, 0.2) is 0 Å². The first-order valence-electron chi connectivity index (χ1n) is 6.76. The summed E-state index contributed by atoms with van der Waals surface area (Å²) in [7, 11) is 0. The van der Waals surface area contributed by atoms with E-state index in [1.54, 1.807) is 13.8 Å². The molecule has 1 aromatic rings. The largest absolute Gasteiger partial charge is 0.481 e. The lowest BCUT2D eigenvalue weighted by atomic mass is 9.85. The lowest BCUT2D eigenvalue weighted by Gasteiger charge is -2.25. The van der Waals surface area contributed by atoms with E-state index in [2.05, 4.69) is 0 Å². The Morgan fingerprint density at radius 3 is 1.75 bits per heavy atom. The van der Waals surface area contributed by atoms with E-state index in [9.17, 15) is 13.6 Å². The SMILES string of the molecule is Cc1c(C)c(C)c(C(F)(F)CCCC(=O)O)c(C)c1C. The van der Waals surface area contributed by atoms with Gasteiger partial charge in [0.15, 0.2) is 0 Å². The quantitative estimate of drug-likeness (QED) is 0.859. The van der Waals surface area contributed by atoms with Crippen molar-refractivity contribution in [1.29, 1.82) is 0 Å². The number of alkyl halides is 2. The molecule has 0 spiro atoms. The fourth-order valence-electron chi connectivity index (χ4n) is 2.64. The molecule has 0 aliphatic rings. The molecule has 0 atom stereocenters. The zero-order valence-electron chi connectivity index (χ0n) is 12.7. The Kier molecular flexibility index (Phi) is 4.90. The van der Waals surface area contributed by atoms with Gasteiger partial charge in [0.05, 0.1) is 0 Å². The summed E-state index contributed by atoms with van der Waals surface area (Å²) in [4.78, 5) is 10.5. The van der Waals surface area contributed by atoms with E-state index in [1.807, 2.05) is 20.8 Å². The van der Waals surface area contributed by atoms with E-state index in [1.165, 1.54) is 0 Å². The molecular weight excluding hydrogens is 262 g/mol. The summed E-state index contributed by atoms with van der Waals surface area (Å²) in [6.45, 7) is 9.09. The molecule has 0 amide bonds. The zero-order chi connectivity index (χ0) is 15.7. The first kappa shape index (κ1) is 16.6. The van der Waals surface area contributed by atoms with Crippen molar-refractivity contribution in [1.82, 2.24) is 0 Å². The van der Waals surface area contributed by atoms with Crippen molar-refractivity contribution in [2.24, 2.45) is 0 Å². The molecule has 0 unspecified atom stereocenters. The Morgan fingerprint density at radius 2 is 1.35 bits per heavy atom. The highest BCUT2D eigenvalue weighted by Crippen LogP contribution is 2.40. The van der Waals surface area contributed by atoms with Gasteiger partial charge in [0.1, 0.15) is 0 Å². The summed E-state index contributed by atoms with van der Waals surface area (Å²) in [6.07, 6.45) is -0.673. The molecule has 0 radical (unpaired) electrons. The fourth-order valence-corrected chi connectivity index (χ4v) is 2.64. The minimum Gasteiger partial charge on any atom is -0.481 e. The number of carboxylic acid groups (broad SMARTS) is 1. The number of aliphatic carboxylic acids is 1. The van der Waals surface area contributed by atoms with Gasteiger partial charge in [0.25, 0.3) is 5.92 Å². The first-order chi connectivity index (χ1) is 9.09. The summed E-state index contributed by atoms with van der Waals surface area (Å²) in [5, 5.41) is 8.57. The summed E-state index contributed by atoms with van der Waals surface area (Å²) in [5.74, 6) is -4.02. The van der Waals surface area contributed by atoms with Gasteiger partial charge in [0, 0.05) is 18.4 Å². The maximum Gasteiger partial charge on any atom is 0.303 e. The van der Waals surface area contributed by atoms with Gasteiger partial charge in [-0.15, -0.1) is 0 Å². The van der Waals surface area contributed by atoms with Crippen LogP contribution in [0.4, 0.5) is 8.78 Å². The highest BCUT2D eigenvalue weighted by molar-refractivity contribution is 5.66. The van der Waals surface area contributed by atoms with Gasteiger partial charge in [-0.2, -0.15) is 0 Å². The second kappa shape index (κ2) is 5.90. The van der Waals surface area contributed by atoms with E-state index in [-0.39, 0.29) is 18.4 Å². The molecule has 20 heavy (non-hydrogen) atoms. The van der Waals surface area contributed by atoms with Crippen molar-refractivity contribution >= 4 is 5.97 Å². The highest BCUT2D eigenvalue weighted by atomic mass is 19.3. The number of benzene rings is 1. The van der Waals surface area contributed by atoms with Gasteiger partial charge in [-0.05, 0) is 68.9 Å². The van der Waals surface area contributed by atoms with Crippen molar-refractivity contribution in [2.75, 3.05) is 0 Å². The van der Waals surface area contributed by atoms with E-state index in [0.29, 0.717) is 11.1 Å². The second-order valence-electron chi connectivity index (χ2n) is 5.45. The smallest absolute Gasteiger partial charge is 0.303 e. The molecule has 0 aromatic heterocycles. The number of halogens is 2. The minimum atomic E-state index is -2.98. The van der Waals surface area contributed by atoms with Crippen LogP contribution in [0, 0.1) is 34.6 Å². The van der Waals surface area contributed by atoms with Crippen LogP contribution in [0.25, 0.3) is 0 Å². The molecule has 1 aromatic carbocycles. The molecule has 0 saturated carbocycles. The Bertz CT molecular complexity index is 505. The summed E-state index contributed by atoms with van der Waals surface area (Å²) >= 11 is 0. The van der Waals surface area contributed by atoms with Crippen LogP contribution in [-0.4, -0.2) is 11.1 Å². The second-order valence-corrected chi connectivity index (χ2v) is 5.45. The van der Waals surface area contributed by atoms with Crippen LogP contribution >= 0.6 is 0 Å². The number of hydrogen-bond donors (Lipinski definition) is 1. The number of carboxylic acids is 1. The van der Waals surface area contributed by atoms with Gasteiger partial charge in [-0.1, -0.05) is 0 Å². The maximum atomic E-state index is 14.4. The molecule has 0 fully saturated rings. The van der Waals surface area contributed by atoms with E-state index in [0.717, 1.165) is 16.7 Å². The van der Waals surface area contributed by atoms with Gasteiger partial charge >= 0.3 is 5.97 Å². The van der Waals surface area contributed by atoms with Crippen LogP contribution in [0.1, 0.15) is 52.6 Å². The van der Waals surface area contributed by atoms with Gasteiger partial charge < -0.3 is 5.11 Å². The molecule has 0 bridgehead atoms. The first-order valence-corrected chi connectivity index (χ1v) is 6.76. The predicted octanol–water partition coefficient (Wildman–Crippen LogP) is 4.58. The molecule has 0 heterocycles. The standard InChI is InChI=1S/C16H22F2O2/c1-9-10(2)12(4)15(13(5)11(9)3)16(17,18)8-6-7-14(19)20/h6-8H2,1-5H3,(H,19,20). The van der Waals surface area contributed by atoms with Crippen LogP contribution in [-0.2, 0) is 10.7 Å². The van der Waals surface area contributed by atoms with Crippen molar-refractivity contribution < 1.29 is 18.7 Å². The lowest BCUT2D eigenvalue weighted by molar-refractivity contribution is -0.137. The topological polar surface area (TPSA) is 37.3 Å². The summed E-state index contributed by atoms with van der Waals surface area (Å²) < 4.78 is 28.9. The third-order valence-corrected chi connectivity index (χ3v) is 4.25. The molecule has 1 rings (SSSR count). The minimum absolute atomic E-state index is 0.0206. The van der Waals surface area contributed by atoms with E-state index in [4.69, 9.17) is 5.11 Å². The Morgan fingerprint density at radius 1 is 0.950 bits per heavy atom. The van der Waals surface area contributed by atoms with E-state index < -0.39 is 18.3 Å². The molecule has 112 valence electrons. The van der Waals surface area contributed by atoms with Crippen LogP contribution < -0.4 is 0 Å². The lowest BCUT2D eigenvalue weighted by Crippen LogP contribution is -2.19. The molecule has 0 aliphatic carbocycles. The van der Waals surface area contributed by atoms with Crippen LogP contribution in [0.3, 0.4) is 0 Å². The Hall–Kier alpha value is -1.45. The Balaban J connectivity index is 3.21. The van der Waals surface area contributed by atoms with E-state index >= 15 is 0 Å². The number of rotatable bonds is 5. The average Bonchev–Trinajstić information content (AvgIpc) is 2.33. The van der Waals surface area contributed by atoms with Crippen molar-refractivity contribution in [3.8, 4) is 0 Å². The molecular formula is C16H22F2O2. The Labute approximate surface area is 118 Å². The molecule has 2 nitrogen and oxygen atoms in total. The van der Waals surface area contributed by atoms with Crippen molar-refractivity contribution in [3.63, 3.8) is 0 Å². The summed E-state index contributed by atoms with van der Waals surface area (Å²) in [6, 6.07) is 0. The third-order valence-electron chi connectivity index (χ3n) is 4.25. The normalized spacial score (nSPS) is 11.8. The van der Waals surface area contributed by atoms with Crippen LogP contribution in [0.5, 0.6) is 0 Å². The van der Waals surface area contributed by atoms with Crippen molar-refractivity contribution in [2.45, 2.75) is 59.8 Å². The average molecular weight is 284 g/mol.